The quantitative estimate of drug-likeness (QED) is 0.466. The Morgan fingerprint density at radius 2 is 1.81 bits per heavy atom. The zero-order chi connectivity index (χ0) is 22.8. The predicted octanol–water partition coefficient (Wildman–Crippen LogP) is 4.35. The molecule has 31 heavy (non-hydrogen) atoms. The SMILES string of the molecule is Cc1c(C(=O)N2CCN(CCCOCC(F)(F)F)CC2)sc2nc(C(F)(F)F)ccc12. The summed E-state index contributed by atoms with van der Waals surface area (Å²) < 4.78 is 79.4. The Balaban J connectivity index is 1.55. The fraction of sp³-hybridized carbons (Fsp3) is 0.579. The fourth-order valence-corrected chi connectivity index (χ4v) is 4.51. The molecule has 0 radical (unpaired) electrons. The maximum absolute atomic E-state index is 12.9. The van der Waals surface area contributed by atoms with Crippen molar-refractivity contribution >= 4 is 27.5 Å². The van der Waals surface area contributed by atoms with Gasteiger partial charge in [0.25, 0.3) is 5.91 Å². The molecule has 1 aliphatic rings. The second kappa shape index (κ2) is 9.29. The number of thiophene rings is 1. The first-order chi connectivity index (χ1) is 14.5. The van der Waals surface area contributed by atoms with E-state index in [9.17, 15) is 31.1 Å². The molecule has 1 aliphatic heterocycles. The summed E-state index contributed by atoms with van der Waals surface area (Å²) in [4.78, 5) is 20.8. The number of rotatable bonds is 6. The summed E-state index contributed by atoms with van der Waals surface area (Å²) in [5, 5.41) is 0.527. The molecule has 0 spiro atoms. The van der Waals surface area contributed by atoms with E-state index in [4.69, 9.17) is 0 Å². The highest BCUT2D eigenvalue weighted by molar-refractivity contribution is 7.20. The Morgan fingerprint density at radius 3 is 2.42 bits per heavy atom. The predicted molar refractivity (Wildman–Crippen MR) is 103 cm³/mol. The minimum Gasteiger partial charge on any atom is -0.372 e. The van der Waals surface area contributed by atoms with Crippen LogP contribution in [-0.4, -0.2) is 72.8 Å². The number of amides is 1. The molecule has 3 rings (SSSR count). The van der Waals surface area contributed by atoms with Gasteiger partial charge in [-0.2, -0.15) is 26.3 Å². The maximum Gasteiger partial charge on any atom is 0.433 e. The van der Waals surface area contributed by atoms with Crippen molar-refractivity contribution < 1.29 is 35.9 Å². The Morgan fingerprint density at radius 1 is 1.13 bits per heavy atom. The van der Waals surface area contributed by atoms with Crippen LogP contribution in [0.2, 0.25) is 0 Å². The molecule has 2 aromatic rings. The third kappa shape index (κ3) is 6.07. The molecule has 0 bridgehead atoms. The largest absolute Gasteiger partial charge is 0.433 e. The maximum atomic E-state index is 12.9. The van der Waals surface area contributed by atoms with Crippen LogP contribution in [0.1, 0.15) is 27.3 Å². The van der Waals surface area contributed by atoms with Crippen LogP contribution in [-0.2, 0) is 10.9 Å². The van der Waals surface area contributed by atoms with Gasteiger partial charge in [0, 0.05) is 44.7 Å². The molecule has 0 unspecified atom stereocenters. The van der Waals surface area contributed by atoms with Crippen LogP contribution in [0, 0.1) is 6.92 Å². The zero-order valence-electron chi connectivity index (χ0n) is 16.6. The monoisotopic (exact) mass is 469 g/mol. The van der Waals surface area contributed by atoms with E-state index in [1.54, 1.807) is 11.8 Å². The van der Waals surface area contributed by atoms with E-state index < -0.39 is 24.7 Å². The zero-order valence-corrected chi connectivity index (χ0v) is 17.5. The normalized spacial score (nSPS) is 16.3. The van der Waals surface area contributed by atoms with E-state index in [2.05, 4.69) is 9.72 Å². The van der Waals surface area contributed by atoms with Gasteiger partial charge in [-0.3, -0.25) is 9.69 Å². The van der Waals surface area contributed by atoms with Crippen molar-refractivity contribution in [2.75, 3.05) is 45.9 Å². The molecule has 0 aromatic carbocycles. The third-order valence-corrected chi connectivity index (χ3v) is 6.17. The lowest BCUT2D eigenvalue weighted by Crippen LogP contribution is -2.48. The molecule has 2 aromatic heterocycles. The molecular weight excluding hydrogens is 448 g/mol. The molecule has 1 fully saturated rings. The highest BCUT2D eigenvalue weighted by Crippen LogP contribution is 2.34. The summed E-state index contributed by atoms with van der Waals surface area (Å²) in [6.45, 7) is 2.98. The Hall–Kier alpha value is -1.92. The van der Waals surface area contributed by atoms with Gasteiger partial charge >= 0.3 is 12.4 Å². The summed E-state index contributed by atoms with van der Waals surface area (Å²) in [6.07, 6.45) is -8.43. The molecule has 0 saturated carbocycles. The van der Waals surface area contributed by atoms with E-state index in [1.807, 2.05) is 4.90 Å². The molecule has 1 amide bonds. The summed E-state index contributed by atoms with van der Waals surface area (Å²) in [5.41, 5.74) is -0.386. The van der Waals surface area contributed by atoms with Crippen molar-refractivity contribution in [3.05, 3.63) is 28.3 Å². The Kier molecular flexibility index (Phi) is 7.11. The molecule has 172 valence electrons. The number of ether oxygens (including phenoxy) is 1. The van der Waals surface area contributed by atoms with E-state index in [-0.39, 0.29) is 17.3 Å². The van der Waals surface area contributed by atoms with E-state index in [0.29, 0.717) is 55.0 Å². The number of nitrogens with zero attached hydrogens (tertiary/aromatic N) is 3. The second-order valence-electron chi connectivity index (χ2n) is 7.26. The lowest BCUT2D eigenvalue weighted by atomic mass is 10.1. The minimum atomic E-state index is -4.55. The van der Waals surface area contributed by atoms with Gasteiger partial charge in [-0.25, -0.2) is 4.98 Å². The average molecular weight is 469 g/mol. The number of aromatic nitrogens is 1. The molecule has 5 nitrogen and oxygen atoms in total. The number of aryl methyl sites for hydroxylation is 1. The van der Waals surface area contributed by atoms with Crippen LogP contribution in [0.5, 0.6) is 0 Å². The summed E-state index contributed by atoms with van der Waals surface area (Å²) in [5.74, 6) is -0.248. The number of carbonyl (C=O) groups is 1. The number of halogens is 6. The number of fused-ring (bicyclic) bond motifs is 1. The average Bonchev–Trinajstić information content (AvgIpc) is 3.02. The summed E-state index contributed by atoms with van der Waals surface area (Å²) in [7, 11) is 0. The number of hydrogen-bond acceptors (Lipinski definition) is 5. The van der Waals surface area contributed by atoms with Crippen molar-refractivity contribution in [2.24, 2.45) is 0 Å². The molecular formula is C19H21F6N3O2S. The molecule has 0 N–H and O–H groups in total. The lowest BCUT2D eigenvalue weighted by molar-refractivity contribution is -0.174. The highest BCUT2D eigenvalue weighted by atomic mass is 32.1. The van der Waals surface area contributed by atoms with Gasteiger partial charge in [0.1, 0.15) is 17.1 Å². The van der Waals surface area contributed by atoms with Gasteiger partial charge in [0.2, 0.25) is 0 Å². The van der Waals surface area contributed by atoms with Gasteiger partial charge in [0.15, 0.2) is 0 Å². The van der Waals surface area contributed by atoms with E-state index in [0.717, 1.165) is 17.4 Å². The Bertz CT molecular complexity index is 920. The molecule has 1 saturated heterocycles. The van der Waals surface area contributed by atoms with Crippen molar-refractivity contribution in [3.63, 3.8) is 0 Å². The van der Waals surface area contributed by atoms with Gasteiger partial charge in [-0.1, -0.05) is 0 Å². The topological polar surface area (TPSA) is 45.7 Å². The first-order valence-corrected chi connectivity index (χ1v) is 10.4. The minimum absolute atomic E-state index is 0.00650. The van der Waals surface area contributed by atoms with Gasteiger partial charge in [-0.15, -0.1) is 11.3 Å². The molecule has 0 aliphatic carbocycles. The smallest absolute Gasteiger partial charge is 0.372 e. The van der Waals surface area contributed by atoms with E-state index in [1.165, 1.54) is 6.07 Å². The van der Waals surface area contributed by atoms with Crippen molar-refractivity contribution in [3.8, 4) is 0 Å². The third-order valence-electron chi connectivity index (χ3n) is 4.98. The van der Waals surface area contributed by atoms with Crippen molar-refractivity contribution in [2.45, 2.75) is 25.7 Å². The molecule has 12 heteroatoms. The number of alkyl halides is 6. The second-order valence-corrected chi connectivity index (χ2v) is 8.26. The van der Waals surface area contributed by atoms with E-state index >= 15 is 0 Å². The standard InChI is InChI=1S/C19H21F6N3O2S/c1-12-13-3-4-14(19(23,24)25)26-16(13)31-15(12)17(29)28-8-6-27(7-9-28)5-2-10-30-11-18(20,21)22/h3-4H,2,5-11H2,1H3. The number of carbonyl (C=O) groups excluding carboxylic acids is 1. The van der Waals surface area contributed by atoms with Crippen molar-refractivity contribution in [1.29, 1.82) is 0 Å². The summed E-state index contributed by atoms with van der Waals surface area (Å²) >= 11 is 0.954. The first-order valence-electron chi connectivity index (χ1n) is 9.59. The van der Waals surface area contributed by atoms with Crippen LogP contribution >= 0.6 is 11.3 Å². The molecule has 3 heterocycles. The van der Waals surface area contributed by atoms with Crippen LogP contribution in [0.3, 0.4) is 0 Å². The fourth-order valence-electron chi connectivity index (χ4n) is 3.36. The first kappa shape index (κ1) is 23.7. The molecule has 0 atom stereocenters. The summed E-state index contributed by atoms with van der Waals surface area (Å²) in [6, 6.07) is 2.25. The van der Waals surface area contributed by atoms with Gasteiger partial charge in [0.05, 0.1) is 4.88 Å². The number of pyridine rings is 1. The van der Waals surface area contributed by atoms with Gasteiger partial charge in [-0.05, 0) is 31.0 Å². The Labute approximate surface area is 178 Å². The number of piperazine rings is 1. The van der Waals surface area contributed by atoms with Crippen molar-refractivity contribution in [1.82, 2.24) is 14.8 Å². The van der Waals surface area contributed by atoms with Crippen LogP contribution in [0.4, 0.5) is 26.3 Å². The van der Waals surface area contributed by atoms with Crippen LogP contribution < -0.4 is 0 Å². The van der Waals surface area contributed by atoms with Crippen LogP contribution in [0.15, 0.2) is 12.1 Å². The lowest BCUT2D eigenvalue weighted by Gasteiger charge is -2.34. The number of hydrogen-bond donors (Lipinski definition) is 0. The van der Waals surface area contributed by atoms with Crippen LogP contribution in [0.25, 0.3) is 10.2 Å². The van der Waals surface area contributed by atoms with Gasteiger partial charge < -0.3 is 9.64 Å². The highest BCUT2D eigenvalue weighted by Gasteiger charge is 2.33.